The van der Waals surface area contributed by atoms with Crippen molar-refractivity contribution in [2.24, 2.45) is 5.10 Å². The van der Waals surface area contributed by atoms with E-state index < -0.39 is 0 Å². The van der Waals surface area contributed by atoms with Crippen molar-refractivity contribution in [3.05, 3.63) is 29.3 Å². The van der Waals surface area contributed by atoms with Gasteiger partial charge in [0.25, 0.3) is 0 Å². The van der Waals surface area contributed by atoms with Gasteiger partial charge in [-0.05, 0) is 24.3 Å². The lowest BCUT2D eigenvalue weighted by molar-refractivity contribution is -0.110. The van der Waals surface area contributed by atoms with Crippen LogP contribution >= 0.6 is 23.2 Å². The topological polar surface area (TPSA) is 41.5 Å². The minimum Gasteiger partial charge on any atom is -0.292 e. The third kappa shape index (κ3) is 3.77. The van der Waals surface area contributed by atoms with Crippen molar-refractivity contribution >= 4 is 40.9 Å². The van der Waals surface area contributed by atoms with Gasteiger partial charge in [0.15, 0.2) is 5.78 Å². The number of alkyl halides is 1. The first-order valence-electron chi connectivity index (χ1n) is 3.86. The van der Waals surface area contributed by atoms with Gasteiger partial charge in [0.2, 0.25) is 0 Å². The summed E-state index contributed by atoms with van der Waals surface area (Å²) in [7, 11) is 0. The Morgan fingerprint density at radius 1 is 1.43 bits per heavy atom. The van der Waals surface area contributed by atoms with Crippen molar-refractivity contribution < 1.29 is 4.79 Å². The number of hydrogen-bond donors (Lipinski definition) is 1. The quantitative estimate of drug-likeness (QED) is 0.491. The fourth-order valence-electron chi connectivity index (χ4n) is 0.738. The van der Waals surface area contributed by atoms with Crippen LogP contribution in [0.4, 0.5) is 5.69 Å². The number of anilines is 1. The molecule has 0 fully saturated rings. The molecule has 1 aromatic rings. The maximum absolute atomic E-state index is 10.7. The molecule has 1 N–H and O–H groups in total. The number of benzene rings is 1. The second kappa shape index (κ2) is 5.62. The minimum absolute atomic E-state index is 0.0637. The first kappa shape index (κ1) is 11.0. The molecule has 1 rings (SSSR count). The number of nitrogens with zero attached hydrogens (tertiary/aromatic N) is 1. The fourth-order valence-corrected chi connectivity index (χ4v) is 0.933. The summed E-state index contributed by atoms with van der Waals surface area (Å²) in [6.45, 7) is 0. The molecule has 0 heterocycles. The van der Waals surface area contributed by atoms with Crippen LogP contribution in [0.15, 0.2) is 29.4 Å². The van der Waals surface area contributed by atoms with Crippen LogP contribution in [-0.2, 0) is 4.79 Å². The Morgan fingerprint density at radius 2 is 2.07 bits per heavy atom. The van der Waals surface area contributed by atoms with E-state index in [4.69, 9.17) is 23.2 Å². The highest BCUT2D eigenvalue weighted by atomic mass is 35.5. The van der Waals surface area contributed by atoms with E-state index in [0.717, 1.165) is 11.9 Å². The van der Waals surface area contributed by atoms with Crippen molar-refractivity contribution in [1.82, 2.24) is 0 Å². The summed E-state index contributed by atoms with van der Waals surface area (Å²) in [5.41, 5.74) is 3.43. The molecule has 0 radical (unpaired) electrons. The summed E-state index contributed by atoms with van der Waals surface area (Å²) < 4.78 is 0. The maximum atomic E-state index is 10.7. The summed E-state index contributed by atoms with van der Waals surface area (Å²) in [6.07, 6.45) is 1.14. The monoisotopic (exact) mass is 230 g/mol. The third-order valence-corrected chi connectivity index (χ3v) is 1.89. The Hall–Kier alpha value is -1.06. The van der Waals surface area contributed by atoms with Crippen LogP contribution in [0.3, 0.4) is 0 Å². The molecular weight excluding hydrogens is 223 g/mol. The Bertz CT molecular complexity index is 335. The zero-order valence-corrected chi connectivity index (χ0v) is 8.72. The highest BCUT2D eigenvalue weighted by Gasteiger charge is 1.92. The van der Waals surface area contributed by atoms with Gasteiger partial charge in [-0.2, -0.15) is 5.10 Å². The van der Waals surface area contributed by atoms with E-state index in [1.807, 2.05) is 0 Å². The summed E-state index contributed by atoms with van der Waals surface area (Å²) in [5.74, 6) is -0.306. The molecular formula is C9H8Cl2N2O. The molecule has 74 valence electrons. The number of hydrazone groups is 1. The van der Waals surface area contributed by atoms with E-state index in [0.29, 0.717) is 5.02 Å². The van der Waals surface area contributed by atoms with E-state index in [2.05, 4.69) is 10.5 Å². The lowest BCUT2D eigenvalue weighted by Crippen LogP contribution is -2.02. The first-order chi connectivity index (χ1) is 6.72. The van der Waals surface area contributed by atoms with Gasteiger partial charge in [0.1, 0.15) is 0 Å². The fraction of sp³-hybridized carbons (Fsp3) is 0.111. The number of Topliss-reactive ketones (excluding diaryl/α,β-unsaturated/α-hetero) is 1. The van der Waals surface area contributed by atoms with Crippen molar-refractivity contribution in [2.75, 3.05) is 11.3 Å². The van der Waals surface area contributed by atoms with Gasteiger partial charge in [-0.15, -0.1) is 11.6 Å². The number of carbonyl (C=O) groups is 1. The van der Waals surface area contributed by atoms with Crippen LogP contribution in [0.2, 0.25) is 5.02 Å². The highest BCUT2D eigenvalue weighted by molar-refractivity contribution is 6.41. The number of hydrogen-bond acceptors (Lipinski definition) is 3. The summed E-state index contributed by atoms with van der Waals surface area (Å²) in [6, 6.07) is 6.96. The predicted octanol–water partition coefficient (Wildman–Crippen LogP) is 2.55. The molecule has 0 aliphatic carbocycles. The molecule has 5 heteroatoms. The van der Waals surface area contributed by atoms with Crippen molar-refractivity contribution in [1.29, 1.82) is 0 Å². The van der Waals surface area contributed by atoms with Crippen LogP contribution < -0.4 is 5.43 Å². The van der Waals surface area contributed by atoms with Crippen LogP contribution in [-0.4, -0.2) is 17.9 Å². The van der Waals surface area contributed by atoms with E-state index in [1.54, 1.807) is 24.3 Å². The van der Waals surface area contributed by atoms with Crippen molar-refractivity contribution in [3.63, 3.8) is 0 Å². The molecule has 0 aromatic heterocycles. The maximum Gasteiger partial charge on any atom is 0.190 e. The van der Waals surface area contributed by atoms with Crippen molar-refractivity contribution in [3.8, 4) is 0 Å². The zero-order valence-electron chi connectivity index (χ0n) is 7.21. The molecule has 0 saturated heterocycles. The summed E-state index contributed by atoms with van der Waals surface area (Å²) in [4.78, 5) is 10.7. The van der Waals surface area contributed by atoms with Gasteiger partial charge < -0.3 is 0 Å². The van der Waals surface area contributed by atoms with Gasteiger partial charge in [-0.1, -0.05) is 11.6 Å². The molecule has 14 heavy (non-hydrogen) atoms. The number of carbonyl (C=O) groups excluding carboxylic acids is 1. The highest BCUT2D eigenvalue weighted by Crippen LogP contribution is 2.12. The van der Waals surface area contributed by atoms with Gasteiger partial charge in [0, 0.05) is 5.02 Å². The largest absolute Gasteiger partial charge is 0.292 e. The molecule has 3 nitrogen and oxygen atoms in total. The molecule has 0 aliphatic rings. The van der Waals surface area contributed by atoms with Crippen molar-refractivity contribution in [2.45, 2.75) is 0 Å². The van der Waals surface area contributed by atoms with Gasteiger partial charge in [-0.3, -0.25) is 10.2 Å². The van der Waals surface area contributed by atoms with E-state index in [1.165, 1.54) is 0 Å². The average Bonchev–Trinajstić information content (AvgIpc) is 2.21. The predicted molar refractivity (Wildman–Crippen MR) is 59.3 cm³/mol. The molecule has 0 bridgehead atoms. The van der Waals surface area contributed by atoms with E-state index >= 15 is 0 Å². The Balaban J connectivity index is 2.49. The van der Waals surface area contributed by atoms with Crippen LogP contribution in [0.1, 0.15) is 0 Å². The first-order valence-corrected chi connectivity index (χ1v) is 4.77. The smallest absolute Gasteiger partial charge is 0.190 e. The minimum atomic E-state index is -0.242. The van der Waals surface area contributed by atoms with Gasteiger partial charge in [-0.25, -0.2) is 0 Å². The lowest BCUT2D eigenvalue weighted by Gasteiger charge is -1.98. The SMILES string of the molecule is O=C(C=NNc1ccc(Cl)cc1)CCl. The van der Waals surface area contributed by atoms with Crippen LogP contribution in [0, 0.1) is 0 Å². The molecule has 0 unspecified atom stereocenters. The van der Waals surface area contributed by atoms with Gasteiger partial charge in [0.05, 0.1) is 17.8 Å². The molecule has 0 spiro atoms. The number of ketones is 1. The number of nitrogens with one attached hydrogen (secondary N) is 1. The van der Waals surface area contributed by atoms with Crippen LogP contribution in [0.25, 0.3) is 0 Å². The van der Waals surface area contributed by atoms with E-state index in [-0.39, 0.29) is 11.7 Å². The summed E-state index contributed by atoms with van der Waals surface area (Å²) >= 11 is 10.9. The summed E-state index contributed by atoms with van der Waals surface area (Å²) in [5, 5.41) is 4.34. The molecule has 1 aromatic carbocycles. The Kier molecular flexibility index (Phi) is 4.43. The average molecular weight is 231 g/mol. The normalized spacial score (nSPS) is 10.4. The van der Waals surface area contributed by atoms with Crippen LogP contribution in [0.5, 0.6) is 0 Å². The Morgan fingerprint density at radius 3 is 2.64 bits per heavy atom. The molecule has 0 aliphatic heterocycles. The molecule has 0 amide bonds. The standard InChI is InChI=1S/C9H8Cl2N2O/c10-5-9(14)6-12-13-8-3-1-7(11)2-4-8/h1-4,6,13H,5H2. The zero-order chi connectivity index (χ0) is 10.4. The second-order valence-corrected chi connectivity index (χ2v) is 3.18. The third-order valence-electron chi connectivity index (χ3n) is 1.38. The van der Waals surface area contributed by atoms with Gasteiger partial charge >= 0.3 is 0 Å². The number of rotatable bonds is 4. The molecule has 0 atom stereocenters. The second-order valence-electron chi connectivity index (χ2n) is 2.48. The molecule has 0 saturated carbocycles. The lowest BCUT2D eigenvalue weighted by atomic mass is 10.3. The Labute approximate surface area is 91.7 Å². The van der Waals surface area contributed by atoms with E-state index in [9.17, 15) is 4.79 Å². The number of halogens is 2.